The molecular weight excluding hydrogens is 342 g/mol. The second-order valence-electron chi connectivity index (χ2n) is 5.67. The fraction of sp³-hybridized carbons (Fsp3) is 0.0476. The summed E-state index contributed by atoms with van der Waals surface area (Å²) in [5.74, 6) is 0.797. The van der Waals surface area contributed by atoms with Gasteiger partial charge in [0.05, 0.1) is 16.4 Å². The minimum atomic E-state index is 0.525. The third-order valence-electron chi connectivity index (χ3n) is 3.81. The van der Waals surface area contributed by atoms with Gasteiger partial charge in [0.25, 0.3) is 0 Å². The van der Waals surface area contributed by atoms with E-state index in [1.165, 1.54) is 0 Å². The predicted octanol–water partition coefficient (Wildman–Crippen LogP) is 5.32. The van der Waals surface area contributed by atoms with Crippen LogP contribution in [0.15, 0.2) is 84.0 Å². The lowest BCUT2D eigenvalue weighted by molar-refractivity contribution is 0.306. The van der Waals surface area contributed by atoms with Gasteiger partial charge in [0.1, 0.15) is 12.4 Å². The minimum Gasteiger partial charge on any atom is -0.488 e. The molecule has 0 aliphatic rings. The Morgan fingerprint density at radius 3 is 2.58 bits per heavy atom. The first kappa shape index (κ1) is 16.3. The molecule has 0 saturated carbocycles. The van der Waals surface area contributed by atoms with Gasteiger partial charge in [-0.3, -0.25) is 5.43 Å². The molecule has 0 aliphatic carbocycles. The van der Waals surface area contributed by atoms with Crippen LogP contribution in [0.5, 0.6) is 5.75 Å². The highest BCUT2D eigenvalue weighted by Crippen LogP contribution is 2.25. The Hall–Kier alpha value is -3.18. The van der Waals surface area contributed by atoms with Crippen LogP contribution in [-0.4, -0.2) is 11.2 Å². The van der Waals surface area contributed by atoms with Crippen molar-refractivity contribution in [3.05, 3.63) is 90.0 Å². The van der Waals surface area contributed by atoms with Crippen LogP contribution in [0, 0.1) is 0 Å². The van der Waals surface area contributed by atoms with Gasteiger partial charge in [-0.05, 0) is 29.8 Å². The van der Waals surface area contributed by atoms with Crippen LogP contribution >= 0.6 is 11.3 Å². The Morgan fingerprint density at radius 1 is 0.923 bits per heavy atom. The summed E-state index contributed by atoms with van der Waals surface area (Å²) in [7, 11) is 0. The van der Waals surface area contributed by atoms with E-state index in [-0.39, 0.29) is 0 Å². The molecule has 0 aliphatic heterocycles. The number of hydrazone groups is 1. The zero-order chi connectivity index (χ0) is 17.6. The molecule has 0 radical (unpaired) electrons. The second-order valence-corrected chi connectivity index (χ2v) is 6.70. The van der Waals surface area contributed by atoms with Gasteiger partial charge in [-0.2, -0.15) is 5.10 Å². The van der Waals surface area contributed by atoms with Gasteiger partial charge in [-0.25, -0.2) is 4.98 Å². The molecule has 5 heteroatoms. The van der Waals surface area contributed by atoms with Crippen molar-refractivity contribution < 1.29 is 4.74 Å². The summed E-state index contributed by atoms with van der Waals surface area (Å²) in [5, 5.41) is 5.08. The van der Waals surface area contributed by atoms with Crippen molar-refractivity contribution in [3.63, 3.8) is 0 Å². The third kappa shape index (κ3) is 3.90. The van der Waals surface area contributed by atoms with E-state index in [1.54, 1.807) is 17.6 Å². The van der Waals surface area contributed by atoms with Gasteiger partial charge in [-0.15, -0.1) is 0 Å². The van der Waals surface area contributed by atoms with E-state index >= 15 is 0 Å². The summed E-state index contributed by atoms with van der Waals surface area (Å²) in [5.41, 5.74) is 6.02. The van der Waals surface area contributed by atoms with Gasteiger partial charge in [0.2, 0.25) is 5.13 Å². The van der Waals surface area contributed by atoms with Crippen LogP contribution < -0.4 is 10.2 Å². The van der Waals surface area contributed by atoms with Crippen LogP contribution in [0.2, 0.25) is 0 Å². The molecule has 0 bridgehead atoms. The number of anilines is 1. The lowest BCUT2D eigenvalue weighted by Crippen LogP contribution is -1.98. The van der Waals surface area contributed by atoms with E-state index in [1.807, 2.05) is 72.8 Å². The monoisotopic (exact) mass is 359 g/mol. The Kier molecular flexibility index (Phi) is 4.89. The van der Waals surface area contributed by atoms with Crippen molar-refractivity contribution in [2.75, 3.05) is 5.43 Å². The zero-order valence-electron chi connectivity index (χ0n) is 14.0. The van der Waals surface area contributed by atoms with E-state index in [4.69, 9.17) is 4.74 Å². The predicted molar refractivity (Wildman–Crippen MR) is 108 cm³/mol. The topological polar surface area (TPSA) is 46.5 Å². The van der Waals surface area contributed by atoms with E-state index < -0.39 is 0 Å². The van der Waals surface area contributed by atoms with Crippen molar-refractivity contribution >= 4 is 32.9 Å². The molecule has 1 N–H and O–H groups in total. The molecule has 4 nitrogen and oxygen atoms in total. The van der Waals surface area contributed by atoms with E-state index in [2.05, 4.69) is 21.6 Å². The van der Waals surface area contributed by atoms with Crippen LogP contribution in [-0.2, 0) is 6.61 Å². The summed E-state index contributed by atoms with van der Waals surface area (Å²) in [6.45, 7) is 0.525. The first-order valence-electron chi connectivity index (χ1n) is 8.29. The van der Waals surface area contributed by atoms with Crippen molar-refractivity contribution in [1.82, 2.24) is 4.98 Å². The number of para-hydroxylation sites is 2. The number of hydrogen-bond donors (Lipinski definition) is 1. The molecular formula is C21H17N3OS. The zero-order valence-corrected chi connectivity index (χ0v) is 14.8. The summed E-state index contributed by atoms with van der Waals surface area (Å²) in [4.78, 5) is 4.50. The van der Waals surface area contributed by atoms with Gasteiger partial charge in [0, 0.05) is 5.56 Å². The number of benzene rings is 3. The van der Waals surface area contributed by atoms with E-state index in [9.17, 15) is 0 Å². The lowest BCUT2D eigenvalue weighted by Gasteiger charge is -2.08. The Bertz CT molecular complexity index is 995. The fourth-order valence-corrected chi connectivity index (χ4v) is 3.35. The first-order valence-corrected chi connectivity index (χ1v) is 9.10. The Balaban J connectivity index is 1.44. The van der Waals surface area contributed by atoms with Crippen LogP contribution in [0.4, 0.5) is 5.13 Å². The van der Waals surface area contributed by atoms with E-state index in [0.29, 0.717) is 6.61 Å². The van der Waals surface area contributed by atoms with Crippen LogP contribution in [0.1, 0.15) is 11.1 Å². The molecule has 1 heterocycles. The van der Waals surface area contributed by atoms with Crippen LogP contribution in [0.3, 0.4) is 0 Å². The summed E-state index contributed by atoms with van der Waals surface area (Å²) >= 11 is 1.58. The third-order valence-corrected chi connectivity index (χ3v) is 4.75. The average molecular weight is 359 g/mol. The highest BCUT2D eigenvalue weighted by molar-refractivity contribution is 7.22. The Morgan fingerprint density at radius 2 is 1.69 bits per heavy atom. The molecule has 0 unspecified atom stereocenters. The van der Waals surface area contributed by atoms with Crippen LogP contribution in [0.25, 0.3) is 10.2 Å². The van der Waals surface area contributed by atoms with Crippen molar-refractivity contribution in [1.29, 1.82) is 0 Å². The quantitative estimate of drug-likeness (QED) is 0.374. The van der Waals surface area contributed by atoms with Crippen molar-refractivity contribution in [3.8, 4) is 5.75 Å². The van der Waals surface area contributed by atoms with Gasteiger partial charge in [-0.1, -0.05) is 65.9 Å². The standard InChI is InChI=1S/C21H17N3OS/c1-2-8-16(9-3-1)15-25-19-12-6-4-10-17(19)14-22-24-21-23-18-11-5-7-13-20(18)26-21/h1-14H,15H2,(H,23,24). The van der Waals surface area contributed by atoms with Crippen molar-refractivity contribution in [2.45, 2.75) is 6.61 Å². The molecule has 4 rings (SSSR count). The molecule has 0 fully saturated rings. The molecule has 0 saturated heterocycles. The second kappa shape index (κ2) is 7.80. The van der Waals surface area contributed by atoms with Crippen molar-refractivity contribution in [2.24, 2.45) is 5.10 Å². The highest BCUT2D eigenvalue weighted by atomic mass is 32.1. The average Bonchev–Trinajstić information content (AvgIpc) is 3.11. The SMILES string of the molecule is C(=NNc1nc2ccccc2s1)c1ccccc1OCc1ccccc1. The number of nitrogens with zero attached hydrogens (tertiary/aromatic N) is 2. The van der Waals surface area contributed by atoms with Gasteiger partial charge < -0.3 is 4.74 Å². The first-order chi connectivity index (χ1) is 12.9. The molecule has 0 spiro atoms. The Labute approximate surface area is 155 Å². The lowest BCUT2D eigenvalue weighted by atomic mass is 10.2. The largest absolute Gasteiger partial charge is 0.488 e. The normalized spacial score (nSPS) is 11.1. The molecule has 26 heavy (non-hydrogen) atoms. The maximum absolute atomic E-state index is 5.94. The number of fused-ring (bicyclic) bond motifs is 1. The molecule has 128 valence electrons. The molecule has 4 aromatic rings. The minimum absolute atomic E-state index is 0.525. The maximum Gasteiger partial charge on any atom is 0.204 e. The number of rotatable bonds is 6. The molecule has 0 amide bonds. The number of thiazole rings is 1. The number of nitrogens with one attached hydrogen (secondary N) is 1. The fourth-order valence-electron chi connectivity index (χ4n) is 2.53. The maximum atomic E-state index is 5.94. The van der Waals surface area contributed by atoms with Gasteiger partial charge in [0.15, 0.2) is 0 Å². The summed E-state index contributed by atoms with van der Waals surface area (Å²) in [6.07, 6.45) is 1.76. The summed E-state index contributed by atoms with van der Waals surface area (Å²) in [6, 6.07) is 26.0. The molecule has 1 aromatic heterocycles. The summed E-state index contributed by atoms with van der Waals surface area (Å²) < 4.78 is 7.08. The molecule has 0 atom stereocenters. The number of aromatic nitrogens is 1. The highest BCUT2D eigenvalue weighted by Gasteiger charge is 2.03. The number of ether oxygens (including phenoxy) is 1. The number of hydrogen-bond acceptors (Lipinski definition) is 5. The molecule has 3 aromatic carbocycles. The van der Waals surface area contributed by atoms with E-state index in [0.717, 1.165) is 32.2 Å². The smallest absolute Gasteiger partial charge is 0.204 e. The van der Waals surface area contributed by atoms with Gasteiger partial charge >= 0.3 is 0 Å².